The van der Waals surface area contributed by atoms with Crippen molar-refractivity contribution in [1.29, 1.82) is 0 Å². The van der Waals surface area contributed by atoms with Crippen LogP contribution in [0.5, 0.6) is 0 Å². The van der Waals surface area contributed by atoms with Gasteiger partial charge in [0.1, 0.15) is 0 Å². The van der Waals surface area contributed by atoms with Crippen LogP contribution >= 0.6 is 11.8 Å². The van der Waals surface area contributed by atoms with E-state index in [1.54, 1.807) is 34.9 Å². The molecule has 0 spiro atoms. The van der Waals surface area contributed by atoms with Crippen LogP contribution in [-0.2, 0) is 6.18 Å². The van der Waals surface area contributed by atoms with Gasteiger partial charge in [-0.3, -0.25) is 9.20 Å². The fourth-order valence-electron chi connectivity index (χ4n) is 3.77. The zero-order chi connectivity index (χ0) is 23.2. The number of hydrogen-bond donors (Lipinski definition) is 0. The van der Waals surface area contributed by atoms with E-state index in [4.69, 9.17) is 0 Å². The topological polar surface area (TPSA) is 65.1 Å². The van der Waals surface area contributed by atoms with Crippen LogP contribution < -0.4 is 0 Å². The Morgan fingerprint density at radius 2 is 1.78 bits per heavy atom. The van der Waals surface area contributed by atoms with Gasteiger partial charge in [-0.1, -0.05) is 17.8 Å². The predicted octanol–water partition coefficient (Wildman–Crippen LogP) is 5.14. The maximum atomic E-state index is 13.1. The minimum Gasteiger partial charge on any atom is -0.318 e. The highest BCUT2D eigenvalue weighted by Gasteiger charge is 2.31. The van der Waals surface area contributed by atoms with Crippen LogP contribution in [0, 0.1) is 27.7 Å². The van der Waals surface area contributed by atoms with E-state index in [-0.39, 0.29) is 11.5 Å². The van der Waals surface area contributed by atoms with Crippen LogP contribution in [0.4, 0.5) is 13.2 Å². The Labute approximate surface area is 186 Å². The van der Waals surface area contributed by atoms with E-state index < -0.39 is 11.7 Å². The number of carbonyl (C=O) groups is 1. The van der Waals surface area contributed by atoms with Gasteiger partial charge in [0.25, 0.3) is 5.78 Å². The Kier molecular flexibility index (Phi) is 5.58. The molecule has 0 atom stereocenters. The maximum Gasteiger partial charge on any atom is 0.416 e. The minimum absolute atomic E-state index is 0.112. The Morgan fingerprint density at radius 3 is 2.50 bits per heavy atom. The molecule has 0 aliphatic carbocycles. The summed E-state index contributed by atoms with van der Waals surface area (Å²) < 4.78 is 42.8. The Morgan fingerprint density at radius 1 is 1.03 bits per heavy atom. The van der Waals surface area contributed by atoms with Crippen molar-refractivity contribution in [2.45, 2.75) is 39.0 Å². The van der Waals surface area contributed by atoms with E-state index in [0.29, 0.717) is 33.6 Å². The van der Waals surface area contributed by atoms with Crippen molar-refractivity contribution >= 4 is 23.3 Å². The lowest BCUT2D eigenvalue weighted by Gasteiger charge is -2.13. The number of alkyl halides is 3. The van der Waals surface area contributed by atoms with Crippen LogP contribution in [0.15, 0.2) is 41.6 Å². The Bertz CT molecular complexity index is 1340. The molecule has 0 saturated carbocycles. The number of rotatable bonds is 5. The van der Waals surface area contributed by atoms with Gasteiger partial charge < -0.3 is 4.57 Å². The smallest absolute Gasteiger partial charge is 0.318 e. The lowest BCUT2D eigenvalue weighted by molar-refractivity contribution is -0.137. The summed E-state index contributed by atoms with van der Waals surface area (Å²) in [6.45, 7) is 7.28. The molecule has 0 N–H and O–H groups in total. The fourth-order valence-corrected chi connectivity index (χ4v) is 4.63. The van der Waals surface area contributed by atoms with Gasteiger partial charge in [-0.25, -0.2) is 4.98 Å². The van der Waals surface area contributed by atoms with E-state index in [2.05, 4.69) is 15.2 Å². The summed E-state index contributed by atoms with van der Waals surface area (Å²) in [5, 5.41) is 8.77. The normalized spacial score (nSPS) is 12.0. The van der Waals surface area contributed by atoms with Crippen molar-refractivity contribution in [2.24, 2.45) is 0 Å². The number of ketones is 1. The highest BCUT2D eigenvalue weighted by molar-refractivity contribution is 7.99. The van der Waals surface area contributed by atoms with Crippen LogP contribution in [0.3, 0.4) is 0 Å². The number of Topliss-reactive ketones (excluding diaryl/α,β-unsaturated/α-hetero) is 1. The van der Waals surface area contributed by atoms with E-state index in [1.165, 1.54) is 17.8 Å². The fraction of sp³-hybridized carbons (Fsp3) is 0.273. The molecule has 0 amide bonds. The molecule has 166 valence electrons. The van der Waals surface area contributed by atoms with E-state index in [0.717, 1.165) is 23.5 Å². The van der Waals surface area contributed by atoms with E-state index in [9.17, 15) is 18.0 Å². The molecule has 32 heavy (non-hydrogen) atoms. The summed E-state index contributed by atoms with van der Waals surface area (Å²) in [5.74, 6) is 0.442. The molecular formula is C22H20F3N5OS. The summed E-state index contributed by atoms with van der Waals surface area (Å²) >= 11 is 1.25. The number of halogens is 3. The van der Waals surface area contributed by atoms with Gasteiger partial charge in [0, 0.05) is 34.0 Å². The Balaban J connectivity index is 1.60. The van der Waals surface area contributed by atoms with Crippen molar-refractivity contribution < 1.29 is 18.0 Å². The van der Waals surface area contributed by atoms with Gasteiger partial charge in [0.05, 0.1) is 11.3 Å². The molecule has 0 unspecified atom stereocenters. The van der Waals surface area contributed by atoms with Crippen LogP contribution in [0.2, 0.25) is 0 Å². The van der Waals surface area contributed by atoms with Gasteiger partial charge in [-0.2, -0.15) is 13.2 Å². The number of nitrogens with zero attached hydrogens (tertiary/aromatic N) is 5. The highest BCUT2D eigenvalue weighted by atomic mass is 32.2. The first kappa shape index (κ1) is 22.1. The number of carbonyl (C=O) groups excluding carboxylic acids is 1. The van der Waals surface area contributed by atoms with Gasteiger partial charge in [-0.15, -0.1) is 10.2 Å². The first-order valence-electron chi connectivity index (χ1n) is 9.78. The van der Waals surface area contributed by atoms with Crippen molar-refractivity contribution in [3.63, 3.8) is 0 Å². The molecular weight excluding hydrogens is 439 g/mol. The molecule has 0 bridgehead atoms. The highest BCUT2D eigenvalue weighted by Crippen LogP contribution is 2.32. The first-order chi connectivity index (χ1) is 15.1. The molecule has 4 rings (SSSR count). The van der Waals surface area contributed by atoms with Crippen molar-refractivity contribution in [3.05, 3.63) is 70.3 Å². The molecule has 0 aliphatic rings. The van der Waals surface area contributed by atoms with E-state index in [1.807, 2.05) is 19.9 Å². The molecule has 0 saturated heterocycles. The lowest BCUT2D eigenvalue weighted by Crippen LogP contribution is -2.08. The van der Waals surface area contributed by atoms with Crippen LogP contribution in [0.25, 0.3) is 11.5 Å². The standard InChI is InChI=1S/C22H20F3N5OS/c1-12-8-13(2)30-20(26-12)27-28-21(30)32-11-19(31)18-9-14(3)29(15(18)4)17-7-5-6-16(10-17)22(23,24)25/h5-10H,11H2,1-4H3. The third kappa shape index (κ3) is 4.02. The average molecular weight is 459 g/mol. The first-order valence-corrected chi connectivity index (χ1v) is 10.8. The van der Waals surface area contributed by atoms with Gasteiger partial charge in [0.2, 0.25) is 0 Å². The second-order valence-corrected chi connectivity index (χ2v) is 8.48. The van der Waals surface area contributed by atoms with Crippen molar-refractivity contribution in [2.75, 3.05) is 5.75 Å². The molecule has 6 nitrogen and oxygen atoms in total. The molecule has 0 radical (unpaired) electrons. The third-order valence-corrected chi connectivity index (χ3v) is 6.09. The summed E-state index contributed by atoms with van der Waals surface area (Å²) in [6.07, 6.45) is -4.44. The molecule has 4 aromatic rings. The minimum atomic E-state index is -4.44. The summed E-state index contributed by atoms with van der Waals surface area (Å²) in [4.78, 5) is 17.3. The second-order valence-electron chi connectivity index (χ2n) is 7.54. The van der Waals surface area contributed by atoms with Gasteiger partial charge in [-0.05, 0) is 58.0 Å². The molecule has 0 aliphatic heterocycles. The number of thioether (sulfide) groups is 1. The van der Waals surface area contributed by atoms with E-state index >= 15 is 0 Å². The monoisotopic (exact) mass is 459 g/mol. The number of hydrogen-bond acceptors (Lipinski definition) is 5. The quantitative estimate of drug-likeness (QED) is 0.305. The number of benzene rings is 1. The molecule has 1 aromatic carbocycles. The van der Waals surface area contributed by atoms with Crippen molar-refractivity contribution in [1.82, 2.24) is 24.1 Å². The predicted molar refractivity (Wildman–Crippen MR) is 116 cm³/mol. The zero-order valence-electron chi connectivity index (χ0n) is 17.9. The Hall–Kier alpha value is -3.14. The third-order valence-electron chi connectivity index (χ3n) is 5.16. The lowest BCUT2D eigenvalue weighted by atomic mass is 10.1. The molecule has 3 heterocycles. The summed E-state index contributed by atoms with van der Waals surface area (Å²) in [6, 6.07) is 8.69. The molecule has 0 fully saturated rings. The van der Waals surface area contributed by atoms with Gasteiger partial charge >= 0.3 is 6.18 Å². The number of aromatic nitrogens is 5. The zero-order valence-corrected chi connectivity index (χ0v) is 18.7. The number of aryl methyl sites for hydroxylation is 3. The molecule has 3 aromatic heterocycles. The second kappa shape index (κ2) is 8.09. The average Bonchev–Trinajstić information content (AvgIpc) is 3.26. The maximum absolute atomic E-state index is 13.1. The SMILES string of the molecule is Cc1cc(C)n2c(SCC(=O)c3cc(C)n(-c4cccc(C(F)(F)F)c4)c3C)nnc2n1. The summed E-state index contributed by atoms with van der Waals surface area (Å²) in [5.41, 5.74) is 3.11. The number of fused-ring (bicyclic) bond motifs is 1. The summed E-state index contributed by atoms with van der Waals surface area (Å²) in [7, 11) is 0. The van der Waals surface area contributed by atoms with Crippen molar-refractivity contribution in [3.8, 4) is 5.69 Å². The molecule has 10 heteroatoms. The van der Waals surface area contributed by atoms with Crippen LogP contribution in [0.1, 0.15) is 38.7 Å². The van der Waals surface area contributed by atoms with Gasteiger partial charge in [0.15, 0.2) is 10.9 Å². The largest absolute Gasteiger partial charge is 0.416 e. The van der Waals surface area contributed by atoms with Crippen LogP contribution in [-0.4, -0.2) is 35.7 Å².